The Morgan fingerprint density at radius 3 is 2.29 bits per heavy atom. The van der Waals surface area contributed by atoms with Gasteiger partial charge in [-0.2, -0.15) is 0 Å². The Morgan fingerprint density at radius 1 is 0.905 bits per heavy atom. The van der Waals surface area contributed by atoms with E-state index in [1.165, 1.54) is 0 Å². The van der Waals surface area contributed by atoms with Crippen LogP contribution in [0.1, 0.15) is 59.8 Å². The molecule has 0 bridgehead atoms. The molecule has 0 amide bonds. The first-order valence-electron chi connectivity index (χ1n) is 7.60. The van der Waals surface area contributed by atoms with E-state index in [0.717, 1.165) is 53.4 Å². The van der Waals surface area contributed by atoms with Crippen molar-refractivity contribution in [3.63, 3.8) is 0 Å². The molecule has 2 heterocycles. The van der Waals surface area contributed by atoms with Crippen LogP contribution in [0.4, 0.5) is 0 Å². The summed E-state index contributed by atoms with van der Waals surface area (Å²) < 4.78 is 0. The van der Waals surface area contributed by atoms with Gasteiger partial charge in [-0.3, -0.25) is 19.9 Å². The van der Waals surface area contributed by atoms with Gasteiger partial charge < -0.3 is 0 Å². The van der Waals surface area contributed by atoms with E-state index in [0.29, 0.717) is 5.92 Å². The molecule has 1 atom stereocenters. The van der Waals surface area contributed by atoms with Crippen LogP contribution in [0.3, 0.4) is 0 Å². The summed E-state index contributed by atoms with van der Waals surface area (Å²) in [4.78, 5) is 18.3. The first-order chi connectivity index (χ1) is 10.0. The predicted octanol–water partition coefficient (Wildman–Crippen LogP) is 3.63. The second-order valence-electron chi connectivity index (χ2n) is 5.70. The van der Waals surface area contributed by atoms with Crippen LogP contribution in [0.2, 0.25) is 0 Å². The highest BCUT2D eigenvalue weighted by atomic mass is 14.8. The summed E-state index contributed by atoms with van der Waals surface area (Å²) in [5, 5.41) is 0. The summed E-state index contributed by atoms with van der Waals surface area (Å²) in [6.45, 7) is 10.3. The summed E-state index contributed by atoms with van der Waals surface area (Å²) in [6, 6.07) is 0. The first-order valence-corrected chi connectivity index (χ1v) is 7.60. The fourth-order valence-corrected chi connectivity index (χ4v) is 2.57. The minimum atomic E-state index is 0.359. The molecule has 0 fully saturated rings. The molecule has 0 aliphatic heterocycles. The van der Waals surface area contributed by atoms with E-state index >= 15 is 0 Å². The molecule has 0 aromatic carbocycles. The summed E-state index contributed by atoms with van der Waals surface area (Å²) in [7, 11) is 0. The fraction of sp³-hybridized carbons (Fsp3) is 0.529. The van der Waals surface area contributed by atoms with E-state index in [-0.39, 0.29) is 0 Å². The molecule has 2 aromatic heterocycles. The predicted molar refractivity (Wildman–Crippen MR) is 84.4 cm³/mol. The number of rotatable bonds is 5. The third-order valence-electron chi connectivity index (χ3n) is 3.85. The van der Waals surface area contributed by atoms with Crippen molar-refractivity contribution in [1.29, 1.82) is 0 Å². The maximum atomic E-state index is 4.73. The lowest BCUT2D eigenvalue weighted by Crippen LogP contribution is -2.11. The summed E-state index contributed by atoms with van der Waals surface area (Å²) in [5.74, 6) is 0.359. The molecule has 0 saturated carbocycles. The quantitative estimate of drug-likeness (QED) is 0.841. The van der Waals surface area contributed by atoms with Crippen molar-refractivity contribution in [2.45, 2.75) is 59.8 Å². The molecule has 0 spiro atoms. The minimum absolute atomic E-state index is 0.359. The molecule has 4 nitrogen and oxygen atoms in total. The van der Waals surface area contributed by atoms with Gasteiger partial charge in [0.25, 0.3) is 0 Å². The Bertz CT molecular complexity index is 622. The molecule has 2 rings (SSSR count). The maximum absolute atomic E-state index is 4.73. The minimum Gasteiger partial charge on any atom is -0.261 e. The Hall–Kier alpha value is -1.84. The fourth-order valence-electron chi connectivity index (χ4n) is 2.57. The highest BCUT2D eigenvalue weighted by Crippen LogP contribution is 2.24. The molecule has 0 saturated heterocycles. The normalized spacial score (nSPS) is 12.4. The lowest BCUT2D eigenvalue weighted by atomic mass is 9.93. The van der Waals surface area contributed by atoms with Crippen molar-refractivity contribution in [3.05, 3.63) is 46.6 Å². The molecule has 0 aliphatic rings. The number of aryl methyl sites for hydroxylation is 4. The third-order valence-corrected chi connectivity index (χ3v) is 3.85. The van der Waals surface area contributed by atoms with Gasteiger partial charge in [0.05, 0.1) is 34.2 Å². The SMILES string of the molecule is CCCC(Cc1nc(C)c(C)nc1C)c1cncc(C)n1. The highest BCUT2D eigenvalue weighted by molar-refractivity contribution is 5.21. The first kappa shape index (κ1) is 15.5. The Labute approximate surface area is 127 Å². The van der Waals surface area contributed by atoms with Crippen molar-refractivity contribution in [3.8, 4) is 0 Å². The van der Waals surface area contributed by atoms with Gasteiger partial charge in [-0.25, -0.2) is 0 Å². The Morgan fingerprint density at radius 2 is 1.62 bits per heavy atom. The average Bonchev–Trinajstić information content (AvgIpc) is 2.44. The van der Waals surface area contributed by atoms with Crippen molar-refractivity contribution >= 4 is 0 Å². The lowest BCUT2D eigenvalue weighted by molar-refractivity contribution is 0.579. The van der Waals surface area contributed by atoms with Gasteiger partial charge in [0, 0.05) is 18.3 Å². The van der Waals surface area contributed by atoms with E-state index in [2.05, 4.69) is 21.9 Å². The van der Waals surface area contributed by atoms with Gasteiger partial charge in [-0.15, -0.1) is 0 Å². The smallest absolute Gasteiger partial charge is 0.0625 e. The molecular weight excluding hydrogens is 260 g/mol. The zero-order valence-corrected chi connectivity index (χ0v) is 13.6. The Kier molecular flexibility index (Phi) is 4.99. The molecular formula is C17H24N4. The molecule has 21 heavy (non-hydrogen) atoms. The van der Waals surface area contributed by atoms with Crippen LogP contribution in [0, 0.1) is 27.7 Å². The number of hydrogen-bond acceptors (Lipinski definition) is 4. The summed E-state index contributed by atoms with van der Waals surface area (Å²) >= 11 is 0. The van der Waals surface area contributed by atoms with Crippen LogP contribution in [0.5, 0.6) is 0 Å². The van der Waals surface area contributed by atoms with Gasteiger partial charge in [0.1, 0.15) is 0 Å². The third kappa shape index (κ3) is 3.84. The van der Waals surface area contributed by atoms with Crippen LogP contribution in [0.15, 0.2) is 12.4 Å². The number of hydrogen-bond donors (Lipinski definition) is 0. The van der Waals surface area contributed by atoms with Gasteiger partial charge in [0.15, 0.2) is 0 Å². The molecule has 1 unspecified atom stereocenters. The van der Waals surface area contributed by atoms with E-state index in [1.54, 1.807) is 6.20 Å². The topological polar surface area (TPSA) is 51.6 Å². The zero-order chi connectivity index (χ0) is 15.4. The molecule has 0 N–H and O–H groups in total. The van der Waals surface area contributed by atoms with Crippen molar-refractivity contribution < 1.29 is 0 Å². The van der Waals surface area contributed by atoms with E-state index in [4.69, 9.17) is 4.98 Å². The van der Waals surface area contributed by atoms with Crippen molar-refractivity contribution in [2.24, 2.45) is 0 Å². The highest BCUT2D eigenvalue weighted by Gasteiger charge is 2.17. The van der Waals surface area contributed by atoms with Crippen molar-refractivity contribution in [2.75, 3.05) is 0 Å². The van der Waals surface area contributed by atoms with Gasteiger partial charge >= 0.3 is 0 Å². The lowest BCUT2D eigenvalue weighted by Gasteiger charge is -2.17. The van der Waals surface area contributed by atoms with Crippen LogP contribution >= 0.6 is 0 Å². The van der Waals surface area contributed by atoms with Gasteiger partial charge in [-0.05, 0) is 40.5 Å². The second kappa shape index (κ2) is 6.74. The average molecular weight is 284 g/mol. The second-order valence-corrected chi connectivity index (χ2v) is 5.70. The molecule has 0 radical (unpaired) electrons. The standard InChI is InChI=1S/C17H24N4/c1-6-7-15(17-10-18-9-11(2)19-17)8-16-14(5)20-12(3)13(4)21-16/h9-10,15H,6-8H2,1-5H3. The number of aromatic nitrogens is 4. The van der Waals surface area contributed by atoms with Crippen LogP contribution in [-0.4, -0.2) is 19.9 Å². The summed E-state index contributed by atoms with van der Waals surface area (Å²) in [6.07, 6.45) is 6.78. The van der Waals surface area contributed by atoms with E-state index in [1.807, 2.05) is 33.9 Å². The molecule has 112 valence electrons. The summed E-state index contributed by atoms with van der Waals surface area (Å²) in [5.41, 5.74) is 6.17. The Balaban J connectivity index is 2.30. The van der Waals surface area contributed by atoms with E-state index in [9.17, 15) is 0 Å². The zero-order valence-electron chi connectivity index (χ0n) is 13.6. The maximum Gasteiger partial charge on any atom is 0.0625 e. The van der Waals surface area contributed by atoms with Gasteiger partial charge in [-0.1, -0.05) is 13.3 Å². The molecule has 0 aliphatic carbocycles. The van der Waals surface area contributed by atoms with E-state index < -0.39 is 0 Å². The monoisotopic (exact) mass is 284 g/mol. The largest absolute Gasteiger partial charge is 0.261 e. The van der Waals surface area contributed by atoms with Crippen LogP contribution < -0.4 is 0 Å². The van der Waals surface area contributed by atoms with Gasteiger partial charge in [0.2, 0.25) is 0 Å². The number of nitrogens with zero attached hydrogens (tertiary/aromatic N) is 4. The van der Waals surface area contributed by atoms with Crippen molar-refractivity contribution in [1.82, 2.24) is 19.9 Å². The van der Waals surface area contributed by atoms with Crippen LogP contribution in [-0.2, 0) is 6.42 Å². The molecule has 2 aromatic rings. The van der Waals surface area contributed by atoms with Crippen LogP contribution in [0.25, 0.3) is 0 Å². The molecule has 4 heteroatoms.